The summed E-state index contributed by atoms with van der Waals surface area (Å²) in [6, 6.07) is 13.4. The van der Waals surface area contributed by atoms with Crippen LogP contribution >= 0.6 is 0 Å². The van der Waals surface area contributed by atoms with Gasteiger partial charge in [0.2, 0.25) is 15.9 Å². The van der Waals surface area contributed by atoms with Gasteiger partial charge < -0.3 is 14.8 Å². The van der Waals surface area contributed by atoms with Gasteiger partial charge in [-0.05, 0) is 42.7 Å². The molecule has 0 bridgehead atoms. The van der Waals surface area contributed by atoms with Crippen molar-refractivity contribution in [2.45, 2.75) is 43.0 Å². The van der Waals surface area contributed by atoms with Gasteiger partial charge in [-0.1, -0.05) is 38.1 Å². The average Bonchev–Trinajstić information content (AvgIpc) is 3.29. The molecular weight excluding hydrogens is 416 g/mol. The van der Waals surface area contributed by atoms with E-state index in [0.717, 1.165) is 11.3 Å². The maximum Gasteiger partial charge on any atom is 0.243 e. The summed E-state index contributed by atoms with van der Waals surface area (Å²) < 4.78 is 38.6. The molecule has 1 atom stereocenters. The molecule has 0 saturated carbocycles. The number of hydrogen-bond donors (Lipinski definition) is 1. The second-order valence-electron chi connectivity index (χ2n) is 8.55. The van der Waals surface area contributed by atoms with Crippen LogP contribution in [0.1, 0.15) is 32.3 Å². The Labute approximate surface area is 183 Å². The number of rotatable bonds is 6. The molecule has 2 aromatic rings. The fourth-order valence-corrected chi connectivity index (χ4v) is 5.69. The maximum atomic E-state index is 13.0. The number of carbonyl (C=O) groups excluding carboxylic acids is 1. The minimum Gasteiger partial charge on any atom is -0.486 e. The van der Waals surface area contributed by atoms with Gasteiger partial charge in [0.05, 0.1) is 4.90 Å². The molecule has 1 saturated heterocycles. The standard InChI is InChI=1S/C23H28N2O5S/c1-23(2,17-10-11-20-21(15-17)30-14-13-29-20)16-24-22(26)19-9-6-12-25(19)31(27,28)18-7-4-3-5-8-18/h3-5,7-8,10-11,15,19H,6,9,12-14,16H2,1-2H3,(H,24,26). The molecule has 8 heteroatoms. The normalized spacial score (nSPS) is 19.2. The van der Waals surface area contributed by atoms with E-state index in [2.05, 4.69) is 5.32 Å². The molecule has 31 heavy (non-hydrogen) atoms. The maximum absolute atomic E-state index is 13.0. The summed E-state index contributed by atoms with van der Waals surface area (Å²) >= 11 is 0. The van der Waals surface area contributed by atoms with E-state index in [-0.39, 0.29) is 16.2 Å². The zero-order valence-electron chi connectivity index (χ0n) is 17.8. The predicted octanol–water partition coefficient (Wildman–Crippen LogP) is 2.70. The molecular formula is C23H28N2O5S. The molecule has 166 valence electrons. The highest BCUT2D eigenvalue weighted by Crippen LogP contribution is 2.35. The zero-order chi connectivity index (χ0) is 22.1. The number of sulfonamides is 1. The lowest BCUT2D eigenvalue weighted by Gasteiger charge is -2.29. The Morgan fingerprint density at radius 3 is 2.55 bits per heavy atom. The highest BCUT2D eigenvalue weighted by molar-refractivity contribution is 7.89. The quantitative estimate of drug-likeness (QED) is 0.741. The van der Waals surface area contributed by atoms with Gasteiger partial charge in [0.15, 0.2) is 11.5 Å². The van der Waals surface area contributed by atoms with E-state index >= 15 is 0 Å². The van der Waals surface area contributed by atoms with E-state index in [1.807, 2.05) is 32.0 Å². The first-order valence-electron chi connectivity index (χ1n) is 10.5. The average molecular weight is 445 g/mol. The van der Waals surface area contributed by atoms with Crippen molar-refractivity contribution in [3.05, 3.63) is 54.1 Å². The summed E-state index contributed by atoms with van der Waals surface area (Å²) in [5.74, 6) is 1.17. The smallest absolute Gasteiger partial charge is 0.243 e. The Bertz CT molecular complexity index is 1050. The van der Waals surface area contributed by atoms with E-state index in [9.17, 15) is 13.2 Å². The number of carbonyl (C=O) groups is 1. The summed E-state index contributed by atoms with van der Waals surface area (Å²) in [5.41, 5.74) is 0.644. The van der Waals surface area contributed by atoms with Crippen LogP contribution < -0.4 is 14.8 Å². The van der Waals surface area contributed by atoms with Crippen molar-refractivity contribution in [3.63, 3.8) is 0 Å². The number of nitrogens with zero attached hydrogens (tertiary/aromatic N) is 1. The first-order chi connectivity index (χ1) is 14.8. The van der Waals surface area contributed by atoms with Crippen molar-refractivity contribution < 1.29 is 22.7 Å². The van der Waals surface area contributed by atoms with E-state index in [0.29, 0.717) is 44.9 Å². The van der Waals surface area contributed by atoms with Gasteiger partial charge >= 0.3 is 0 Å². The molecule has 1 N–H and O–H groups in total. The summed E-state index contributed by atoms with van der Waals surface area (Å²) in [6.07, 6.45) is 1.18. The second kappa shape index (κ2) is 8.51. The molecule has 4 rings (SSSR count). The van der Waals surface area contributed by atoms with E-state index in [1.54, 1.807) is 30.3 Å². The molecule has 7 nitrogen and oxygen atoms in total. The SMILES string of the molecule is CC(C)(CNC(=O)C1CCCN1S(=O)(=O)c1ccccc1)c1ccc2c(c1)OCCO2. The molecule has 2 heterocycles. The third-order valence-corrected chi connectivity index (χ3v) is 7.81. The van der Waals surface area contributed by atoms with Gasteiger partial charge in [-0.3, -0.25) is 4.79 Å². The summed E-state index contributed by atoms with van der Waals surface area (Å²) in [7, 11) is -3.71. The highest BCUT2D eigenvalue weighted by Gasteiger charge is 2.39. The molecule has 0 radical (unpaired) electrons. The van der Waals surface area contributed by atoms with Gasteiger partial charge in [-0.15, -0.1) is 0 Å². The van der Waals surface area contributed by atoms with Crippen LogP contribution in [0.4, 0.5) is 0 Å². The molecule has 0 spiro atoms. The molecule has 2 aliphatic heterocycles. The van der Waals surface area contributed by atoms with Crippen molar-refractivity contribution in [1.82, 2.24) is 9.62 Å². The third-order valence-electron chi connectivity index (χ3n) is 5.88. The van der Waals surface area contributed by atoms with Crippen LogP contribution in [0.25, 0.3) is 0 Å². The Hall–Kier alpha value is -2.58. The monoisotopic (exact) mass is 444 g/mol. The van der Waals surface area contributed by atoms with Crippen molar-refractivity contribution in [3.8, 4) is 11.5 Å². The van der Waals surface area contributed by atoms with Crippen molar-refractivity contribution >= 4 is 15.9 Å². The number of hydrogen-bond acceptors (Lipinski definition) is 5. The van der Waals surface area contributed by atoms with Crippen LogP contribution in [0.3, 0.4) is 0 Å². The summed E-state index contributed by atoms with van der Waals surface area (Å²) in [6.45, 7) is 5.84. The van der Waals surface area contributed by atoms with Crippen molar-refractivity contribution in [1.29, 1.82) is 0 Å². The lowest BCUT2D eigenvalue weighted by Crippen LogP contribution is -2.48. The fourth-order valence-electron chi connectivity index (χ4n) is 4.01. The Kier molecular flexibility index (Phi) is 5.94. The van der Waals surface area contributed by atoms with Crippen LogP contribution in [0.5, 0.6) is 11.5 Å². The molecule has 2 aliphatic rings. The van der Waals surface area contributed by atoms with Gasteiger partial charge in [-0.25, -0.2) is 8.42 Å². The van der Waals surface area contributed by atoms with Crippen molar-refractivity contribution in [2.24, 2.45) is 0 Å². The Morgan fingerprint density at radius 2 is 1.81 bits per heavy atom. The van der Waals surface area contributed by atoms with E-state index in [1.165, 1.54) is 4.31 Å². The second-order valence-corrected chi connectivity index (χ2v) is 10.4. The first-order valence-corrected chi connectivity index (χ1v) is 12.0. The van der Waals surface area contributed by atoms with Crippen LogP contribution in [0.15, 0.2) is 53.4 Å². The van der Waals surface area contributed by atoms with Gasteiger partial charge in [-0.2, -0.15) is 4.31 Å². The van der Waals surface area contributed by atoms with E-state index < -0.39 is 16.1 Å². The lowest BCUT2D eigenvalue weighted by molar-refractivity contribution is -0.124. The van der Waals surface area contributed by atoms with Crippen molar-refractivity contribution in [2.75, 3.05) is 26.3 Å². The van der Waals surface area contributed by atoms with Crippen LogP contribution in [0, 0.1) is 0 Å². The van der Waals surface area contributed by atoms with Crippen LogP contribution in [-0.2, 0) is 20.2 Å². The van der Waals surface area contributed by atoms with Crippen LogP contribution in [-0.4, -0.2) is 51.0 Å². The summed E-state index contributed by atoms with van der Waals surface area (Å²) in [5, 5.41) is 2.98. The zero-order valence-corrected chi connectivity index (χ0v) is 18.7. The third kappa shape index (κ3) is 4.41. The molecule has 0 aliphatic carbocycles. The number of benzene rings is 2. The fraction of sp³-hybridized carbons (Fsp3) is 0.435. The minimum atomic E-state index is -3.71. The van der Waals surface area contributed by atoms with Gasteiger partial charge in [0, 0.05) is 18.5 Å². The Morgan fingerprint density at radius 1 is 1.10 bits per heavy atom. The number of amides is 1. The largest absolute Gasteiger partial charge is 0.486 e. The number of fused-ring (bicyclic) bond motifs is 1. The Balaban J connectivity index is 1.45. The molecule has 1 unspecified atom stereocenters. The van der Waals surface area contributed by atoms with E-state index in [4.69, 9.17) is 9.47 Å². The molecule has 1 fully saturated rings. The molecule has 1 amide bonds. The molecule has 2 aromatic carbocycles. The predicted molar refractivity (Wildman–Crippen MR) is 117 cm³/mol. The minimum absolute atomic E-state index is 0.214. The first kappa shape index (κ1) is 21.6. The molecule has 0 aromatic heterocycles. The summed E-state index contributed by atoms with van der Waals surface area (Å²) in [4.78, 5) is 13.2. The van der Waals surface area contributed by atoms with Gasteiger partial charge in [0.1, 0.15) is 19.3 Å². The lowest BCUT2D eigenvalue weighted by atomic mass is 9.84. The highest BCUT2D eigenvalue weighted by atomic mass is 32.2. The van der Waals surface area contributed by atoms with Gasteiger partial charge in [0.25, 0.3) is 0 Å². The van der Waals surface area contributed by atoms with Crippen LogP contribution in [0.2, 0.25) is 0 Å². The topological polar surface area (TPSA) is 84.9 Å². The number of ether oxygens (including phenoxy) is 2. The number of nitrogens with one attached hydrogen (secondary N) is 1.